The van der Waals surface area contributed by atoms with Gasteiger partial charge < -0.3 is 14.9 Å². The van der Waals surface area contributed by atoms with E-state index in [1.807, 2.05) is 6.08 Å². The summed E-state index contributed by atoms with van der Waals surface area (Å²) in [5.41, 5.74) is 1.80. The van der Waals surface area contributed by atoms with Gasteiger partial charge in [0.1, 0.15) is 0 Å². The van der Waals surface area contributed by atoms with Crippen molar-refractivity contribution in [1.29, 1.82) is 0 Å². The number of fused-ring (bicyclic) bond motifs is 1. The van der Waals surface area contributed by atoms with Gasteiger partial charge in [-0.25, -0.2) is 0 Å². The summed E-state index contributed by atoms with van der Waals surface area (Å²) < 4.78 is 5.21. The Balaban J connectivity index is 2.14. The molecule has 0 aromatic carbocycles. The van der Waals surface area contributed by atoms with Crippen LogP contribution in [0.3, 0.4) is 0 Å². The van der Waals surface area contributed by atoms with Crippen LogP contribution in [0.4, 0.5) is 0 Å². The minimum absolute atomic E-state index is 0.105. The maximum atomic E-state index is 11.1. The molecule has 4 nitrogen and oxygen atoms in total. The lowest BCUT2D eigenvalue weighted by Gasteiger charge is -2.54. The molecule has 0 aromatic rings. The molecule has 4 unspecified atom stereocenters. The number of esters is 1. The van der Waals surface area contributed by atoms with Crippen LogP contribution in [0.5, 0.6) is 0 Å². The molecule has 0 amide bonds. The minimum Gasteiger partial charge on any atom is -0.465 e. The Morgan fingerprint density at radius 1 is 1.57 bits per heavy atom. The van der Waals surface area contributed by atoms with Crippen molar-refractivity contribution in [2.75, 3.05) is 13.2 Å². The van der Waals surface area contributed by atoms with Gasteiger partial charge in [0.2, 0.25) is 0 Å². The smallest absolute Gasteiger partial charge is 0.302 e. The van der Waals surface area contributed by atoms with E-state index >= 15 is 0 Å². The summed E-state index contributed by atoms with van der Waals surface area (Å²) in [5.74, 6) is 0.358. The highest BCUT2D eigenvalue weighted by Crippen LogP contribution is 2.57. The molecule has 1 fully saturated rings. The average Bonchev–Trinajstić information content (AvgIpc) is 2.47. The van der Waals surface area contributed by atoms with Crippen LogP contribution in [0.2, 0.25) is 0 Å². The van der Waals surface area contributed by atoms with Gasteiger partial charge in [0, 0.05) is 12.3 Å². The zero-order valence-corrected chi connectivity index (χ0v) is 13.0. The Hall–Kier alpha value is -1.13. The zero-order chi connectivity index (χ0) is 15.6. The molecular weight excluding hydrogens is 268 g/mol. The molecule has 4 atom stereocenters. The van der Waals surface area contributed by atoms with E-state index in [9.17, 15) is 15.0 Å². The summed E-state index contributed by atoms with van der Waals surface area (Å²) >= 11 is 0. The van der Waals surface area contributed by atoms with Crippen LogP contribution < -0.4 is 0 Å². The highest BCUT2D eigenvalue weighted by Gasteiger charge is 2.52. The fourth-order valence-electron chi connectivity index (χ4n) is 3.76. The summed E-state index contributed by atoms with van der Waals surface area (Å²) in [4.78, 5) is 11.1. The Kier molecular flexibility index (Phi) is 4.89. The van der Waals surface area contributed by atoms with Crippen molar-refractivity contribution in [2.45, 2.75) is 45.6 Å². The molecule has 0 aliphatic heterocycles. The van der Waals surface area contributed by atoms with E-state index < -0.39 is 6.10 Å². The standard InChI is InChI=1S/C17H26O4/c1-11-5-4-6-13(9-18)16(20)7-15-14(11)8-17(15,3)10-21-12(2)19/h6,14-16,18,20H,1,4-5,7-10H2,2-3H3. The summed E-state index contributed by atoms with van der Waals surface area (Å²) in [6, 6.07) is 0. The normalized spacial score (nSPS) is 36.5. The molecular formula is C17H26O4. The zero-order valence-electron chi connectivity index (χ0n) is 13.0. The van der Waals surface area contributed by atoms with Gasteiger partial charge in [0.05, 0.1) is 19.3 Å². The number of hydrogen-bond acceptors (Lipinski definition) is 4. The maximum absolute atomic E-state index is 11.1. The van der Waals surface area contributed by atoms with Gasteiger partial charge >= 0.3 is 5.97 Å². The highest BCUT2D eigenvalue weighted by atomic mass is 16.5. The first-order valence-corrected chi connectivity index (χ1v) is 7.66. The molecule has 1 saturated carbocycles. The highest BCUT2D eigenvalue weighted by molar-refractivity contribution is 5.65. The van der Waals surface area contributed by atoms with Crippen molar-refractivity contribution >= 4 is 5.97 Å². The van der Waals surface area contributed by atoms with Crippen LogP contribution in [-0.4, -0.2) is 35.5 Å². The summed E-state index contributed by atoms with van der Waals surface area (Å²) in [6.45, 7) is 8.01. The Labute approximate surface area is 126 Å². The molecule has 0 radical (unpaired) electrons. The van der Waals surface area contributed by atoms with Crippen molar-refractivity contribution < 1.29 is 19.7 Å². The van der Waals surface area contributed by atoms with E-state index in [1.54, 1.807) is 0 Å². The molecule has 0 saturated heterocycles. The van der Waals surface area contributed by atoms with E-state index in [-0.39, 0.29) is 23.9 Å². The predicted octanol–water partition coefficient (Wildman–Crippen LogP) is 2.21. The number of aliphatic hydroxyl groups is 2. The third kappa shape index (κ3) is 3.38. The van der Waals surface area contributed by atoms with Crippen LogP contribution in [0.25, 0.3) is 0 Å². The second-order valence-corrected chi connectivity index (χ2v) is 6.74. The summed E-state index contributed by atoms with van der Waals surface area (Å²) in [5, 5.41) is 19.7. The topological polar surface area (TPSA) is 66.8 Å². The van der Waals surface area contributed by atoms with Crippen molar-refractivity contribution in [3.8, 4) is 0 Å². The predicted molar refractivity (Wildman–Crippen MR) is 80.5 cm³/mol. The second kappa shape index (κ2) is 6.32. The Morgan fingerprint density at radius 2 is 2.29 bits per heavy atom. The molecule has 0 heterocycles. The first-order valence-electron chi connectivity index (χ1n) is 7.66. The van der Waals surface area contributed by atoms with Gasteiger partial charge in [-0.3, -0.25) is 4.79 Å². The third-order valence-corrected chi connectivity index (χ3v) is 5.16. The van der Waals surface area contributed by atoms with Crippen LogP contribution in [-0.2, 0) is 9.53 Å². The lowest BCUT2D eigenvalue weighted by molar-refractivity contribution is -0.153. The number of aliphatic hydroxyl groups excluding tert-OH is 2. The average molecular weight is 294 g/mol. The molecule has 0 aromatic heterocycles. The number of carbonyl (C=O) groups excluding carboxylic acids is 1. The van der Waals surface area contributed by atoms with E-state index in [2.05, 4.69) is 13.5 Å². The quantitative estimate of drug-likeness (QED) is 0.618. The molecule has 4 heteroatoms. The van der Waals surface area contributed by atoms with E-state index in [0.29, 0.717) is 24.5 Å². The minimum atomic E-state index is -0.620. The van der Waals surface area contributed by atoms with E-state index in [0.717, 1.165) is 19.3 Å². The number of allylic oxidation sites excluding steroid dienone is 2. The van der Waals surface area contributed by atoms with Gasteiger partial charge in [0.15, 0.2) is 0 Å². The van der Waals surface area contributed by atoms with Gasteiger partial charge in [-0.15, -0.1) is 0 Å². The first-order chi connectivity index (χ1) is 9.87. The lowest BCUT2D eigenvalue weighted by Crippen LogP contribution is -2.51. The largest absolute Gasteiger partial charge is 0.465 e. The fraction of sp³-hybridized carbons (Fsp3) is 0.706. The van der Waals surface area contributed by atoms with Gasteiger partial charge in [0.25, 0.3) is 0 Å². The van der Waals surface area contributed by atoms with E-state index in [1.165, 1.54) is 12.5 Å². The van der Waals surface area contributed by atoms with Gasteiger partial charge in [-0.2, -0.15) is 0 Å². The van der Waals surface area contributed by atoms with Crippen LogP contribution in [0, 0.1) is 17.3 Å². The van der Waals surface area contributed by atoms with Crippen LogP contribution >= 0.6 is 0 Å². The van der Waals surface area contributed by atoms with Crippen molar-refractivity contribution in [1.82, 2.24) is 0 Å². The fourth-order valence-corrected chi connectivity index (χ4v) is 3.76. The Bertz CT molecular complexity index is 454. The Morgan fingerprint density at radius 3 is 2.90 bits per heavy atom. The second-order valence-electron chi connectivity index (χ2n) is 6.74. The summed E-state index contributed by atoms with van der Waals surface area (Å²) in [7, 11) is 0. The number of ether oxygens (including phenoxy) is 1. The number of carbonyl (C=O) groups is 1. The maximum Gasteiger partial charge on any atom is 0.302 e. The number of rotatable bonds is 3. The monoisotopic (exact) mass is 294 g/mol. The molecule has 21 heavy (non-hydrogen) atoms. The van der Waals surface area contributed by atoms with Crippen molar-refractivity contribution in [2.24, 2.45) is 17.3 Å². The van der Waals surface area contributed by atoms with Crippen molar-refractivity contribution in [3.05, 3.63) is 23.8 Å². The van der Waals surface area contributed by atoms with Crippen LogP contribution in [0.15, 0.2) is 23.8 Å². The molecule has 2 aliphatic carbocycles. The van der Waals surface area contributed by atoms with Gasteiger partial charge in [-0.05, 0) is 43.1 Å². The lowest BCUT2D eigenvalue weighted by atomic mass is 9.51. The SMILES string of the molecule is C=C1CCC=C(CO)C(O)CC2C1CC2(C)COC(C)=O. The molecule has 2 N–H and O–H groups in total. The van der Waals surface area contributed by atoms with Crippen LogP contribution in [0.1, 0.15) is 39.5 Å². The molecule has 2 rings (SSSR count). The molecule has 0 bridgehead atoms. The summed E-state index contributed by atoms with van der Waals surface area (Å²) in [6.07, 6.45) is 4.56. The first kappa shape index (κ1) is 16.2. The van der Waals surface area contributed by atoms with E-state index in [4.69, 9.17) is 4.74 Å². The number of hydrogen-bond donors (Lipinski definition) is 2. The van der Waals surface area contributed by atoms with Gasteiger partial charge in [-0.1, -0.05) is 25.2 Å². The third-order valence-electron chi connectivity index (χ3n) is 5.16. The molecule has 0 spiro atoms. The molecule has 118 valence electrons. The van der Waals surface area contributed by atoms with Crippen molar-refractivity contribution in [3.63, 3.8) is 0 Å². The molecule has 2 aliphatic rings.